The summed E-state index contributed by atoms with van der Waals surface area (Å²) < 4.78 is 5.52. The van der Waals surface area contributed by atoms with Crippen molar-refractivity contribution < 1.29 is 24.2 Å². The molecule has 0 aliphatic heterocycles. The van der Waals surface area contributed by atoms with E-state index < -0.39 is 24.0 Å². The van der Waals surface area contributed by atoms with Crippen molar-refractivity contribution in [1.82, 2.24) is 10.6 Å². The molecule has 2 aromatic rings. The molecule has 7 heteroatoms. The van der Waals surface area contributed by atoms with Crippen molar-refractivity contribution in [1.29, 1.82) is 0 Å². The van der Waals surface area contributed by atoms with Crippen LogP contribution in [0.4, 0.5) is 4.79 Å². The maximum Gasteiger partial charge on any atom is 0.407 e. The second kappa shape index (κ2) is 10.7. The maximum absolute atomic E-state index is 12.4. The highest BCUT2D eigenvalue weighted by Crippen LogP contribution is 2.44. The van der Waals surface area contributed by atoms with Crippen molar-refractivity contribution in [3.63, 3.8) is 0 Å². The Hall–Kier alpha value is -3.35. The number of amides is 2. The fourth-order valence-corrected chi connectivity index (χ4v) is 4.47. The second-order valence-corrected chi connectivity index (χ2v) is 10.2. The van der Waals surface area contributed by atoms with E-state index >= 15 is 0 Å². The fraction of sp³-hybridized carbons (Fsp3) is 0.444. The molecule has 3 rings (SSSR count). The van der Waals surface area contributed by atoms with E-state index in [1.807, 2.05) is 45.0 Å². The van der Waals surface area contributed by atoms with Gasteiger partial charge in [-0.05, 0) is 41.0 Å². The number of nitrogens with one attached hydrogen (secondary N) is 2. The van der Waals surface area contributed by atoms with Crippen molar-refractivity contribution in [2.45, 2.75) is 52.5 Å². The molecular weight excluding hydrogens is 432 g/mol. The Morgan fingerprint density at radius 2 is 1.56 bits per heavy atom. The van der Waals surface area contributed by atoms with Gasteiger partial charge in [-0.2, -0.15) is 0 Å². The SMILES string of the molecule is C[C@H](CC(=O)NCC(CC(C)(C)C)C(=O)O)NC(=O)OCC1c2ccccc2-c2ccccc21. The molecule has 0 fully saturated rings. The zero-order valence-corrected chi connectivity index (χ0v) is 20.3. The van der Waals surface area contributed by atoms with Gasteiger partial charge >= 0.3 is 12.1 Å². The monoisotopic (exact) mass is 466 g/mol. The number of hydrogen-bond acceptors (Lipinski definition) is 4. The van der Waals surface area contributed by atoms with E-state index in [0.717, 1.165) is 22.3 Å². The minimum atomic E-state index is -0.931. The van der Waals surface area contributed by atoms with Crippen LogP contribution in [0.15, 0.2) is 48.5 Å². The lowest BCUT2D eigenvalue weighted by Crippen LogP contribution is -2.40. The van der Waals surface area contributed by atoms with Gasteiger partial charge in [-0.1, -0.05) is 69.3 Å². The van der Waals surface area contributed by atoms with Gasteiger partial charge in [-0.25, -0.2) is 4.79 Å². The van der Waals surface area contributed by atoms with Gasteiger partial charge in [0.05, 0.1) is 5.92 Å². The molecule has 0 radical (unpaired) electrons. The van der Waals surface area contributed by atoms with Crippen LogP contribution in [0.25, 0.3) is 11.1 Å². The lowest BCUT2D eigenvalue weighted by atomic mass is 9.84. The molecule has 182 valence electrons. The summed E-state index contributed by atoms with van der Waals surface area (Å²) in [4.78, 5) is 36.1. The topological polar surface area (TPSA) is 105 Å². The minimum Gasteiger partial charge on any atom is -0.481 e. The quantitative estimate of drug-likeness (QED) is 0.503. The summed E-state index contributed by atoms with van der Waals surface area (Å²) in [6.45, 7) is 7.86. The minimum absolute atomic E-state index is 0.0338. The summed E-state index contributed by atoms with van der Waals surface area (Å²) in [7, 11) is 0. The fourth-order valence-electron chi connectivity index (χ4n) is 4.47. The Kier molecular flexibility index (Phi) is 7.97. The van der Waals surface area contributed by atoms with Gasteiger partial charge in [0.15, 0.2) is 0 Å². The van der Waals surface area contributed by atoms with E-state index in [4.69, 9.17) is 4.74 Å². The largest absolute Gasteiger partial charge is 0.481 e. The van der Waals surface area contributed by atoms with Crippen LogP contribution in [-0.4, -0.2) is 42.3 Å². The number of carboxylic acid groups (broad SMARTS) is 1. The summed E-state index contributed by atoms with van der Waals surface area (Å²) in [5.74, 6) is -1.94. The number of rotatable bonds is 9. The lowest BCUT2D eigenvalue weighted by molar-refractivity contribution is -0.142. The molecule has 2 aromatic carbocycles. The first-order valence-electron chi connectivity index (χ1n) is 11.7. The molecule has 2 atom stereocenters. The summed E-state index contributed by atoms with van der Waals surface area (Å²) in [6.07, 6.45) is -0.0966. The Morgan fingerprint density at radius 3 is 2.09 bits per heavy atom. The Labute approximate surface area is 200 Å². The van der Waals surface area contributed by atoms with Gasteiger partial charge in [0, 0.05) is 24.9 Å². The van der Waals surface area contributed by atoms with E-state index in [9.17, 15) is 19.5 Å². The average Bonchev–Trinajstić information content (AvgIpc) is 3.08. The second-order valence-electron chi connectivity index (χ2n) is 10.2. The van der Waals surface area contributed by atoms with Gasteiger partial charge in [0.25, 0.3) is 0 Å². The Balaban J connectivity index is 1.47. The first-order valence-corrected chi connectivity index (χ1v) is 11.7. The van der Waals surface area contributed by atoms with Crippen molar-refractivity contribution in [3.05, 3.63) is 59.7 Å². The average molecular weight is 467 g/mol. The number of hydrogen-bond donors (Lipinski definition) is 3. The molecule has 0 saturated carbocycles. The van der Waals surface area contributed by atoms with Gasteiger partial charge in [-0.15, -0.1) is 0 Å². The molecule has 3 N–H and O–H groups in total. The molecule has 1 unspecified atom stereocenters. The summed E-state index contributed by atoms with van der Waals surface area (Å²) in [5, 5.41) is 14.8. The molecule has 0 heterocycles. The summed E-state index contributed by atoms with van der Waals surface area (Å²) in [6, 6.07) is 15.8. The van der Waals surface area contributed by atoms with E-state index in [-0.39, 0.29) is 36.8 Å². The van der Waals surface area contributed by atoms with Crippen LogP contribution in [0, 0.1) is 11.3 Å². The van der Waals surface area contributed by atoms with E-state index in [1.165, 1.54) is 0 Å². The zero-order chi connectivity index (χ0) is 24.9. The number of aliphatic carboxylic acids is 1. The van der Waals surface area contributed by atoms with Crippen molar-refractivity contribution in [2.75, 3.05) is 13.2 Å². The third-order valence-electron chi connectivity index (χ3n) is 5.95. The number of benzene rings is 2. The van der Waals surface area contributed by atoms with Crippen LogP contribution in [0.1, 0.15) is 57.6 Å². The smallest absolute Gasteiger partial charge is 0.407 e. The lowest BCUT2D eigenvalue weighted by Gasteiger charge is -2.23. The predicted octanol–water partition coefficient (Wildman–Crippen LogP) is 4.56. The van der Waals surface area contributed by atoms with Gasteiger partial charge < -0.3 is 20.5 Å². The van der Waals surface area contributed by atoms with Crippen molar-refractivity contribution in [3.8, 4) is 11.1 Å². The van der Waals surface area contributed by atoms with E-state index in [1.54, 1.807) is 6.92 Å². The first-order chi connectivity index (χ1) is 16.0. The number of carbonyl (C=O) groups is 3. The molecule has 1 aliphatic rings. The van der Waals surface area contributed by atoms with Crippen LogP contribution in [0.3, 0.4) is 0 Å². The molecule has 0 aromatic heterocycles. The van der Waals surface area contributed by atoms with Gasteiger partial charge in [0.1, 0.15) is 6.61 Å². The number of carboxylic acids is 1. The third kappa shape index (κ3) is 6.59. The van der Waals surface area contributed by atoms with Crippen LogP contribution in [-0.2, 0) is 14.3 Å². The van der Waals surface area contributed by atoms with Gasteiger partial charge in [-0.3, -0.25) is 9.59 Å². The molecule has 0 spiro atoms. The summed E-state index contributed by atoms with van der Waals surface area (Å²) >= 11 is 0. The van der Waals surface area contributed by atoms with Crippen molar-refractivity contribution >= 4 is 18.0 Å². The van der Waals surface area contributed by atoms with Crippen molar-refractivity contribution in [2.24, 2.45) is 11.3 Å². The third-order valence-corrected chi connectivity index (χ3v) is 5.95. The predicted molar refractivity (Wildman–Crippen MR) is 130 cm³/mol. The Morgan fingerprint density at radius 1 is 1.00 bits per heavy atom. The number of ether oxygens (including phenoxy) is 1. The van der Waals surface area contributed by atoms with Gasteiger partial charge in [0.2, 0.25) is 5.91 Å². The number of fused-ring (bicyclic) bond motifs is 3. The highest BCUT2D eigenvalue weighted by Gasteiger charge is 2.29. The molecule has 0 saturated heterocycles. The van der Waals surface area contributed by atoms with Crippen LogP contribution in [0.5, 0.6) is 0 Å². The summed E-state index contributed by atoms with van der Waals surface area (Å²) in [5.41, 5.74) is 4.41. The molecular formula is C27H34N2O5. The molecule has 1 aliphatic carbocycles. The van der Waals surface area contributed by atoms with Crippen LogP contribution in [0.2, 0.25) is 0 Å². The molecule has 34 heavy (non-hydrogen) atoms. The highest BCUT2D eigenvalue weighted by atomic mass is 16.5. The van der Waals surface area contributed by atoms with Crippen LogP contribution < -0.4 is 10.6 Å². The number of carbonyl (C=O) groups excluding carboxylic acids is 2. The maximum atomic E-state index is 12.4. The highest BCUT2D eigenvalue weighted by molar-refractivity contribution is 5.80. The van der Waals surface area contributed by atoms with E-state index in [2.05, 4.69) is 34.9 Å². The molecule has 7 nitrogen and oxygen atoms in total. The standard InChI is InChI=1S/C27H34N2O5/c1-17(13-24(30)28-15-18(25(31)32)14-27(2,3)4)29-26(33)34-16-23-21-11-7-5-9-19(21)20-10-6-8-12-22(20)23/h5-12,17-18,23H,13-16H2,1-4H3,(H,28,30)(H,29,33)(H,31,32)/t17-,18?/m1/s1. The Bertz CT molecular complexity index is 998. The first kappa shape index (κ1) is 25.3. The molecule has 2 amide bonds. The van der Waals surface area contributed by atoms with E-state index in [0.29, 0.717) is 6.42 Å². The number of alkyl carbamates (subject to hydrolysis) is 1. The van der Waals surface area contributed by atoms with Crippen LogP contribution >= 0.6 is 0 Å². The molecule has 0 bridgehead atoms. The normalized spacial score (nSPS) is 14.5. The zero-order valence-electron chi connectivity index (χ0n) is 20.3.